The lowest BCUT2D eigenvalue weighted by Gasteiger charge is -2.03. The van der Waals surface area contributed by atoms with Crippen molar-refractivity contribution in [3.05, 3.63) is 70.7 Å². The lowest BCUT2D eigenvalue weighted by molar-refractivity contribution is 1.01. The number of H-pyrrole nitrogens is 2. The number of aromatic nitrogens is 4. The van der Waals surface area contributed by atoms with Gasteiger partial charge in [-0.1, -0.05) is 54.9 Å². The second-order valence-corrected chi connectivity index (χ2v) is 7.07. The van der Waals surface area contributed by atoms with Gasteiger partial charge < -0.3 is 10.6 Å². The van der Waals surface area contributed by atoms with Gasteiger partial charge in [0.15, 0.2) is 0 Å². The molecule has 0 amide bonds. The zero-order valence-corrected chi connectivity index (χ0v) is 16.3. The fourth-order valence-electron chi connectivity index (χ4n) is 2.76. The second-order valence-electron chi connectivity index (χ2n) is 6.20. The summed E-state index contributed by atoms with van der Waals surface area (Å²) in [6, 6.07) is 19.2. The Balaban J connectivity index is 0.00000240. The van der Waals surface area contributed by atoms with Crippen molar-refractivity contribution in [3.8, 4) is 22.5 Å². The van der Waals surface area contributed by atoms with Crippen LogP contribution in [0, 0.1) is 0 Å². The third-order valence-corrected chi connectivity index (χ3v) is 4.71. The smallest absolute Gasteiger partial charge is 0.148 e. The van der Waals surface area contributed by atoms with Gasteiger partial charge in [0.2, 0.25) is 0 Å². The minimum absolute atomic E-state index is 0. The highest BCUT2D eigenvalue weighted by Crippen LogP contribution is 2.22. The maximum absolute atomic E-state index is 5.92. The Morgan fingerprint density at radius 2 is 1.03 bits per heavy atom. The van der Waals surface area contributed by atoms with Crippen molar-refractivity contribution in [1.29, 1.82) is 0 Å². The van der Waals surface area contributed by atoms with E-state index in [1.54, 1.807) is 0 Å². The molecule has 0 radical (unpaired) electrons. The minimum Gasteiger partial charge on any atom is -0.367 e. The Labute approximate surface area is 179 Å². The summed E-state index contributed by atoms with van der Waals surface area (Å²) in [5.41, 5.74) is 3.95. The summed E-state index contributed by atoms with van der Waals surface area (Å²) in [6.45, 7) is 1.40. The molecule has 0 aliphatic rings. The zero-order valence-electron chi connectivity index (χ0n) is 14.8. The third-order valence-electron chi connectivity index (χ3n) is 4.20. The first-order valence-electron chi connectivity index (χ1n) is 8.78. The van der Waals surface area contributed by atoms with E-state index in [0.29, 0.717) is 23.1 Å². The summed E-state index contributed by atoms with van der Waals surface area (Å²) in [5, 5.41) is 22.6. The molecular weight excluding hydrogens is 407 g/mol. The van der Waals surface area contributed by atoms with Gasteiger partial charge in [-0.25, -0.2) is 0 Å². The molecule has 0 saturated carbocycles. The van der Waals surface area contributed by atoms with E-state index in [4.69, 9.17) is 23.2 Å². The van der Waals surface area contributed by atoms with E-state index in [2.05, 4.69) is 31.0 Å². The molecule has 2 aromatic heterocycles. The lowest BCUT2D eigenvalue weighted by Crippen LogP contribution is -2.13. The van der Waals surface area contributed by atoms with Crippen molar-refractivity contribution >= 4 is 34.8 Å². The molecule has 4 N–H and O–H groups in total. The van der Waals surface area contributed by atoms with Crippen LogP contribution in [0.4, 0.5) is 11.6 Å². The molecule has 150 valence electrons. The van der Waals surface area contributed by atoms with E-state index < -0.39 is 0 Å². The molecular formula is C21H22Cl2N6. The van der Waals surface area contributed by atoms with Crippen LogP contribution in [-0.4, -0.2) is 33.5 Å². The van der Waals surface area contributed by atoms with Crippen molar-refractivity contribution in [2.24, 2.45) is 0 Å². The molecule has 0 unspecified atom stereocenters. The van der Waals surface area contributed by atoms with Gasteiger partial charge in [0.1, 0.15) is 11.6 Å². The summed E-state index contributed by atoms with van der Waals surface area (Å²) in [4.78, 5) is 0. The molecule has 0 aliphatic carbocycles. The molecule has 0 spiro atoms. The highest BCUT2D eigenvalue weighted by Gasteiger charge is 2.05. The molecule has 6 nitrogen and oxygen atoms in total. The second kappa shape index (κ2) is 9.49. The Kier molecular flexibility index (Phi) is 6.80. The molecule has 2 heterocycles. The molecule has 29 heavy (non-hydrogen) atoms. The van der Waals surface area contributed by atoms with Crippen molar-refractivity contribution in [2.45, 2.75) is 7.43 Å². The Morgan fingerprint density at radius 3 is 1.41 bits per heavy atom. The Morgan fingerprint density at radius 1 is 0.655 bits per heavy atom. The van der Waals surface area contributed by atoms with Crippen LogP contribution in [0.3, 0.4) is 0 Å². The fourth-order valence-corrected chi connectivity index (χ4v) is 3.01. The number of anilines is 2. The van der Waals surface area contributed by atoms with Gasteiger partial charge >= 0.3 is 0 Å². The SMILES string of the molecule is C.Clc1ccc(-c2cc(NCCNc3cc(-c4ccc(Cl)cc4)[nH]n3)n[nH]2)cc1. The van der Waals surface area contributed by atoms with Crippen molar-refractivity contribution in [2.75, 3.05) is 23.7 Å². The summed E-state index contributed by atoms with van der Waals surface area (Å²) in [7, 11) is 0. The molecule has 0 aliphatic heterocycles. The quantitative estimate of drug-likeness (QED) is 0.274. The van der Waals surface area contributed by atoms with E-state index in [1.165, 1.54) is 0 Å². The monoisotopic (exact) mass is 428 g/mol. The van der Waals surface area contributed by atoms with E-state index >= 15 is 0 Å². The lowest BCUT2D eigenvalue weighted by atomic mass is 10.1. The number of nitrogens with one attached hydrogen (secondary N) is 4. The normalized spacial score (nSPS) is 10.4. The van der Waals surface area contributed by atoms with Gasteiger partial charge in [-0.15, -0.1) is 0 Å². The van der Waals surface area contributed by atoms with E-state index in [-0.39, 0.29) is 7.43 Å². The molecule has 0 fully saturated rings. The van der Waals surface area contributed by atoms with Crippen LogP contribution in [0.5, 0.6) is 0 Å². The first-order valence-corrected chi connectivity index (χ1v) is 9.53. The molecule has 8 heteroatoms. The highest BCUT2D eigenvalue weighted by atomic mass is 35.5. The number of hydrogen-bond acceptors (Lipinski definition) is 4. The Hall–Kier alpha value is -2.96. The third kappa shape index (κ3) is 5.31. The number of hydrogen-bond donors (Lipinski definition) is 4. The van der Waals surface area contributed by atoms with Crippen molar-refractivity contribution in [1.82, 2.24) is 20.4 Å². The summed E-state index contributed by atoms with van der Waals surface area (Å²) in [6.07, 6.45) is 0. The number of rotatable bonds is 7. The van der Waals surface area contributed by atoms with Crippen molar-refractivity contribution < 1.29 is 0 Å². The van der Waals surface area contributed by atoms with Crippen LogP contribution >= 0.6 is 23.2 Å². The highest BCUT2D eigenvalue weighted by molar-refractivity contribution is 6.30. The molecule has 0 saturated heterocycles. The van der Waals surface area contributed by atoms with E-state index in [0.717, 1.165) is 34.2 Å². The summed E-state index contributed by atoms with van der Waals surface area (Å²) < 4.78 is 0. The molecule has 2 aromatic carbocycles. The predicted octanol–water partition coefficient (Wildman–Crippen LogP) is 5.93. The molecule has 0 bridgehead atoms. The standard InChI is InChI=1S/C20H18Cl2N6.CH4/c21-15-5-1-13(2-6-15)17-11-19(27-25-17)23-9-10-24-20-12-18(26-28-20)14-3-7-16(22)8-4-14;/h1-8,11-12H,9-10H2,(H2,23,25,27)(H2,24,26,28);1H4. The average Bonchev–Trinajstić information content (AvgIpc) is 3.36. The number of nitrogens with zero attached hydrogens (tertiary/aromatic N) is 2. The topological polar surface area (TPSA) is 81.4 Å². The average molecular weight is 429 g/mol. The Bertz CT molecular complexity index is 952. The summed E-state index contributed by atoms with van der Waals surface area (Å²) >= 11 is 11.8. The van der Waals surface area contributed by atoms with Crippen LogP contribution in [0.2, 0.25) is 10.0 Å². The van der Waals surface area contributed by atoms with Gasteiger partial charge in [-0.05, 0) is 35.4 Å². The van der Waals surface area contributed by atoms with E-state index in [9.17, 15) is 0 Å². The van der Waals surface area contributed by atoms with E-state index in [1.807, 2.05) is 60.7 Å². The summed E-state index contributed by atoms with van der Waals surface area (Å²) in [5.74, 6) is 1.58. The number of benzene rings is 2. The maximum Gasteiger partial charge on any atom is 0.148 e. The van der Waals surface area contributed by atoms with Gasteiger partial charge in [0.05, 0.1) is 11.4 Å². The number of halogens is 2. The minimum atomic E-state index is 0. The van der Waals surface area contributed by atoms with Crippen molar-refractivity contribution in [3.63, 3.8) is 0 Å². The molecule has 0 atom stereocenters. The van der Waals surface area contributed by atoms with Crippen LogP contribution < -0.4 is 10.6 Å². The van der Waals surface area contributed by atoms with Gasteiger partial charge in [0, 0.05) is 35.3 Å². The largest absolute Gasteiger partial charge is 0.367 e. The van der Waals surface area contributed by atoms with Crippen LogP contribution in [0.15, 0.2) is 60.7 Å². The molecule has 4 rings (SSSR count). The molecule has 4 aromatic rings. The zero-order chi connectivity index (χ0) is 19.3. The van der Waals surface area contributed by atoms with Crippen LogP contribution in [0.25, 0.3) is 22.5 Å². The van der Waals surface area contributed by atoms with Gasteiger partial charge in [-0.3, -0.25) is 10.2 Å². The number of aromatic amines is 2. The van der Waals surface area contributed by atoms with Crippen LogP contribution in [-0.2, 0) is 0 Å². The maximum atomic E-state index is 5.92. The first kappa shape index (κ1) is 20.8. The van der Waals surface area contributed by atoms with Gasteiger partial charge in [-0.2, -0.15) is 10.2 Å². The van der Waals surface area contributed by atoms with Crippen LogP contribution in [0.1, 0.15) is 7.43 Å². The fraction of sp³-hybridized carbons (Fsp3) is 0.143. The van der Waals surface area contributed by atoms with Gasteiger partial charge in [0.25, 0.3) is 0 Å². The predicted molar refractivity (Wildman–Crippen MR) is 122 cm³/mol. The first-order chi connectivity index (χ1) is 13.7.